The number of ether oxygens (including phenoxy) is 2. The van der Waals surface area contributed by atoms with Gasteiger partial charge >= 0.3 is 5.97 Å². The van der Waals surface area contributed by atoms with Gasteiger partial charge in [0, 0.05) is 6.08 Å². The van der Waals surface area contributed by atoms with Gasteiger partial charge in [0.1, 0.15) is 11.5 Å². The number of carboxylic acid groups (broad SMARTS) is 1. The number of pyridine rings is 1. The number of carbonyl (C=O) groups is 1. The van der Waals surface area contributed by atoms with Gasteiger partial charge in [-0.15, -0.1) is 0 Å². The van der Waals surface area contributed by atoms with Crippen molar-refractivity contribution in [1.29, 1.82) is 0 Å². The van der Waals surface area contributed by atoms with Gasteiger partial charge in [-0.2, -0.15) is 0 Å². The van der Waals surface area contributed by atoms with E-state index in [1.165, 1.54) is 32.7 Å². The molecule has 0 radical (unpaired) electrons. The van der Waals surface area contributed by atoms with Crippen molar-refractivity contribution in [2.75, 3.05) is 14.2 Å². The van der Waals surface area contributed by atoms with Crippen LogP contribution < -0.4 is 9.47 Å². The number of carboxylic acids is 1. The molecule has 0 saturated carbocycles. The van der Waals surface area contributed by atoms with Gasteiger partial charge in [-0.3, -0.25) is 4.98 Å². The number of methoxy groups -OCH3 is 2. The van der Waals surface area contributed by atoms with Gasteiger partial charge in [-0.1, -0.05) is 0 Å². The second kappa shape index (κ2) is 4.99. The summed E-state index contributed by atoms with van der Waals surface area (Å²) in [6.07, 6.45) is 5.40. The quantitative estimate of drug-likeness (QED) is 0.754. The molecule has 1 aromatic heterocycles. The monoisotopic (exact) mass is 209 g/mol. The highest BCUT2D eigenvalue weighted by Crippen LogP contribution is 2.27. The fraction of sp³-hybridized carbons (Fsp3) is 0.200. The van der Waals surface area contributed by atoms with E-state index < -0.39 is 5.97 Å². The Kier molecular flexibility index (Phi) is 3.68. The predicted octanol–water partition coefficient (Wildman–Crippen LogP) is 1.20. The van der Waals surface area contributed by atoms with Crippen molar-refractivity contribution < 1.29 is 19.4 Å². The highest BCUT2D eigenvalue weighted by molar-refractivity contribution is 5.86. The van der Waals surface area contributed by atoms with Crippen LogP contribution in [0.5, 0.6) is 11.5 Å². The molecule has 0 aliphatic carbocycles. The van der Waals surface area contributed by atoms with Crippen LogP contribution in [-0.4, -0.2) is 30.3 Å². The third-order valence-electron chi connectivity index (χ3n) is 1.75. The third kappa shape index (κ3) is 2.70. The molecule has 0 bridgehead atoms. The summed E-state index contributed by atoms with van der Waals surface area (Å²) in [4.78, 5) is 14.3. The normalized spacial score (nSPS) is 10.3. The fourth-order valence-electron chi connectivity index (χ4n) is 1.08. The molecule has 0 atom stereocenters. The Morgan fingerprint density at radius 3 is 2.27 bits per heavy atom. The van der Waals surface area contributed by atoms with Crippen LogP contribution in [0.15, 0.2) is 18.5 Å². The molecular weight excluding hydrogens is 198 g/mol. The topological polar surface area (TPSA) is 68.7 Å². The molecule has 0 amide bonds. The zero-order chi connectivity index (χ0) is 11.3. The Bertz CT molecular complexity index is 365. The lowest BCUT2D eigenvalue weighted by Crippen LogP contribution is -1.94. The Morgan fingerprint density at radius 1 is 1.33 bits per heavy atom. The average molecular weight is 209 g/mol. The number of nitrogens with zero attached hydrogens (tertiary/aromatic N) is 1. The highest BCUT2D eigenvalue weighted by atomic mass is 16.5. The summed E-state index contributed by atoms with van der Waals surface area (Å²) in [5, 5.41) is 8.52. The predicted molar refractivity (Wildman–Crippen MR) is 54.0 cm³/mol. The first-order chi connectivity index (χ1) is 7.19. The van der Waals surface area contributed by atoms with Crippen LogP contribution in [-0.2, 0) is 4.79 Å². The van der Waals surface area contributed by atoms with E-state index in [2.05, 4.69) is 4.98 Å². The van der Waals surface area contributed by atoms with Gasteiger partial charge in [0.05, 0.1) is 32.2 Å². The highest BCUT2D eigenvalue weighted by Gasteiger charge is 2.07. The summed E-state index contributed by atoms with van der Waals surface area (Å²) in [7, 11) is 2.96. The molecule has 1 heterocycles. The smallest absolute Gasteiger partial charge is 0.328 e. The van der Waals surface area contributed by atoms with Crippen LogP contribution >= 0.6 is 0 Å². The van der Waals surface area contributed by atoms with Crippen LogP contribution in [0, 0.1) is 0 Å². The maximum absolute atomic E-state index is 10.4. The lowest BCUT2D eigenvalue weighted by atomic mass is 10.2. The molecule has 0 unspecified atom stereocenters. The van der Waals surface area contributed by atoms with E-state index >= 15 is 0 Å². The molecule has 0 fully saturated rings. The first-order valence-corrected chi connectivity index (χ1v) is 4.16. The number of aromatic nitrogens is 1. The van der Waals surface area contributed by atoms with Gasteiger partial charge in [-0.25, -0.2) is 4.79 Å². The SMILES string of the molecule is COc1cncc(OC)c1/C=C/C(=O)O. The van der Waals surface area contributed by atoms with Crippen molar-refractivity contribution in [1.82, 2.24) is 4.98 Å². The summed E-state index contributed by atoms with van der Waals surface area (Å²) >= 11 is 0. The lowest BCUT2D eigenvalue weighted by Gasteiger charge is -2.08. The molecule has 0 aliphatic heterocycles. The fourth-order valence-corrected chi connectivity index (χ4v) is 1.08. The van der Waals surface area contributed by atoms with Gasteiger partial charge in [0.15, 0.2) is 0 Å². The molecule has 5 nitrogen and oxygen atoms in total. The minimum atomic E-state index is -1.03. The largest absolute Gasteiger partial charge is 0.494 e. The van der Waals surface area contributed by atoms with E-state index in [-0.39, 0.29) is 0 Å². The molecule has 5 heteroatoms. The Balaban J connectivity index is 3.16. The lowest BCUT2D eigenvalue weighted by molar-refractivity contribution is -0.131. The van der Waals surface area contributed by atoms with E-state index in [1.807, 2.05) is 0 Å². The molecule has 1 N–H and O–H groups in total. The second-order valence-electron chi connectivity index (χ2n) is 2.63. The van der Waals surface area contributed by atoms with Gasteiger partial charge in [0.25, 0.3) is 0 Å². The van der Waals surface area contributed by atoms with Crippen LogP contribution in [0.1, 0.15) is 5.56 Å². The molecule has 1 aromatic rings. The number of aliphatic carboxylic acids is 1. The average Bonchev–Trinajstić information content (AvgIpc) is 2.25. The maximum Gasteiger partial charge on any atom is 0.328 e. The van der Waals surface area contributed by atoms with Gasteiger partial charge in [0.2, 0.25) is 0 Å². The van der Waals surface area contributed by atoms with Gasteiger partial charge < -0.3 is 14.6 Å². The zero-order valence-electron chi connectivity index (χ0n) is 8.43. The zero-order valence-corrected chi connectivity index (χ0v) is 8.43. The Hall–Kier alpha value is -2.04. The minimum absolute atomic E-state index is 0.465. The molecule has 1 rings (SSSR count). The van der Waals surface area contributed by atoms with Crippen LogP contribution in [0.2, 0.25) is 0 Å². The Morgan fingerprint density at radius 2 is 1.87 bits per heavy atom. The number of rotatable bonds is 4. The second-order valence-corrected chi connectivity index (χ2v) is 2.63. The van der Waals surface area contributed by atoms with Crippen LogP contribution in [0.3, 0.4) is 0 Å². The summed E-state index contributed by atoms with van der Waals surface area (Å²) < 4.78 is 10.1. The third-order valence-corrected chi connectivity index (χ3v) is 1.75. The summed E-state index contributed by atoms with van der Waals surface area (Å²) in [6.45, 7) is 0. The molecule has 0 aromatic carbocycles. The molecule has 0 spiro atoms. The number of hydrogen-bond donors (Lipinski definition) is 1. The van der Waals surface area contributed by atoms with Gasteiger partial charge in [-0.05, 0) is 6.08 Å². The first-order valence-electron chi connectivity index (χ1n) is 4.16. The molecule has 0 saturated heterocycles. The molecule has 15 heavy (non-hydrogen) atoms. The van der Waals surface area contributed by atoms with Crippen molar-refractivity contribution in [3.8, 4) is 11.5 Å². The number of hydrogen-bond acceptors (Lipinski definition) is 4. The molecule has 80 valence electrons. The minimum Gasteiger partial charge on any atom is -0.494 e. The summed E-state index contributed by atoms with van der Waals surface area (Å²) in [5.74, 6) is -0.102. The van der Waals surface area contributed by atoms with Crippen LogP contribution in [0.4, 0.5) is 0 Å². The van der Waals surface area contributed by atoms with E-state index in [0.717, 1.165) is 6.08 Å². The van der Waals surface area contributed by atoms with Crippen molar-refractivity contribution in [2.45, 2.75) is 0 Å². The Labute approximate surface area is 87.0 Å². The maximum atomic E-state index is 10.4. The van der Waals surface area contributed by atoms with Crippen LogP contribution in [0.25, 0.3) is 6.08 Å². The van der Waals surface area contributed by atoms with E-state index in [1.54, 1.807) is 0 Å². The first kappa shape index (κ1) is 11.0. The molecule has 0 aliphatic rings. The van der Waals surface area contributed by atoms with E-state index in [9.17, 15) is 4.79 Å². The van der Waals surface area contributed by atoms with Crippen molar-refractivity contribution in [2.24, 2.45) is 0 Å². The van der Waals surface area contributed by atoms with Crippen molar-refractivity contribution >= 4 is 12.0 Å². The standard InChI is InChI=1S/C10H11NO4/c1-14-8-5-11-6-9(15-2)7(8)3-4-10(12)13/h3-6H,1-2H3,(H,12,13)/b4-3+. The molecular formula is C10H11NO4. The van der Waals surface area contributed by atoms with Crippen molar-refractivity contribution in [3.05, 3.63) is 24.0 Å². The summed E-state index contributed by atoms with van der Waals surface area (Å²) in [6, 6.07) is 0. The van der Waals surface area contributed by atoms with E-state index in [4.69, 9.17) is 14.6 Å². The van der Waals surface area contributed by atoms with Crippen molar-refractivity contribution in [3.63, 3.8) is 0 Å². The van der Waals surface area contributed by atoms with E-state index in [0.29, 0.717) is 17.1 Å². The summed E-state index contributed by atoms with van der Waals surface area (Å²) in [5.41, 5.74) is 0.553.